The van der Waals surface area contributed by atoms with Gasteiger partial charge in [-0.15, -0.1) is 0 Å². The number of carbonyl (C=O) groups excluding carboxylic acids is 1. The van der Waals surface area contributed by atoms with Crippen LogP contribution >= 0.6 is 0 Å². The molecule has 1 aromatic rings. The minimum absolute atomic E-state index is 0.196. The Kier molecular flexibility index (Phi) is 6.44. The van der Waals surface area contributed by atoms with Gasteiger partial charge in [0.05, 0.1) is 24.8 Å². The molecule has 5 nitrogen and oxygen atoms in total. The zero-order valence-electron chi connectivity index (χ0n) is 13.5. The molecule has 2 rings (SSSR count). The van der Waals surface area contributed by atoms with E-state index in [0.717, 1.165) is 17.7 Å². The van der Waals surface area contributed by atoms with Gasteiger partial charge in [0.1, 0.15) is 0 Å². The van der Waals surface area contributed by atoms with E-state index in [1.165, 1.54) is 12.1 Å². The molecule has 8 heteroatoms. The second-order valence-electron chi connectivity index (χ2n) is 5.52. The highest BCUT2D eigenvalue weighted by molar-refractivity contribution is 5.73. The Balaban J connectivity index is 2.13. The van der Waals surface area contributed by atoms with E-state index in [-0.39, 0.29) is 12.1 Å². The predicted molar refractivity (Wildman–Crippen MR) is 83.7 cm³/mol. The molecule has 0 bridgehead atoms. The van der Waals surface area contributed by atoms with Gasteiger partial charge in [-0.3, -0.25) is 4.90 Å². The van der Waals surface area contributed by atoms with E-state index in [0.29, 0.717) is 39.4 Å². The van der Waals surface area contributed by atoms with E-state index in [9.17, 15) is 18.0 Å². The lowest BCUT2D eigenvalue weighted by Gasteiger charge is -2.35. The maximum atomic E-state index is 12.7. The van der Waals surface area contributed by atoms with Gasteiger partial charge in [0, 0.05) is 26.2 Å². The standard InChI is InChI=1S/C16H22F3N3O2/c1-2-20-15(23)21-11-14(22-7-9-24-10-8-22)12-3-5-13(6-4-12)16(17,18)19/h3-6,14H,2,7-11H2,1H3,(H2,20,21,23)/t14-/m1/s1. The van der Waals surface area contributed by atoms with Crippen LogP contribution in [0.25, 0.3) is 0 Å². The van der Waals surface area contributed by atoms with Gasteiger partial charge in [-0.25, -0.2) is 4.79 Å². The monoisotopic (exact) mass is 345 g/mol. The molecule has 1 aliphatic rings. The molecule has 1 aliphatic heterocycles. The largest absolute Gasteiger partial charge is 0.416 e. The second kappa shape index (κ2) is 8.34. The smallest absolute Gasteiger partial charge is 0.379 e. The SMILES string of the molecule is CCNC(=O)NC[C@H](c1ccc(C(F)(F)F)cc1)N1CCOCC1. The molecule has 24 heavy (non-hydrogen) atoms. The summed E-state index contributed by atoms with van der Waals surface area (Å²) >= 11 is 0. The molecule has 0 aliphatic carbocycles. The van der Waals surface area contributed by atoms with Crippen LogP contribution in [0, 0.1) is 0 Å². The lowest BCUT2D eigenvalue weighted by molar-refractivity contribution is -0.137. The minimum Gasteiger partial charge on any atom is -0.379 e. The van der Waals surface area contributed by atoms with Gasteiger partial charge in [0.25, 0.3) is 0 Å². The van der Waals surface area contributed by atoms with Gasteiger partial charge in [-0.05, 0) is 24.6 Å². The van der Waals surface area contributed by atoms with E-state index < -0.39 is 11.7 Å². The second-order valence-corrected chi connectivity index (χ2v) is 5.52. The third-order valence-corrected chi connectivity index (χ3v) is 3.90. The van der Waals surface area contributed by atoms with Crippen LogP contribution in [0.1, 0.15) is 24.1 Å². The highest BCUT2D eigenvalue weighted by Gasteiger charge is 2.31. The number of nitrogens with zero attached hydrogens (tertiary/aromatic N) is 1. The lowest BCUT2D eigenvalue weighted by atomic mass is 10.0. The van der Waals surface area contributed by atoms with Crippen molar-refractivity contribution in [1.29, 1.82) is 0 Å². The average Bonchev–Trinajstić information content (AvgIpc) is 2.56. The fourth-order valence-electron chi connectivity index (χ4n) is 2.65. The summed E-state index contributed by atoms with van der Waals surface area (Å²) in [5.74, 6) is 0. The van der Waals surface area contributed by atoms with Crippen LogP contribution in [-0.2, 0) is 10.9 Å². The van der Waals surface area contributed by atoms with E-state index in [1.807, 2.05) is 6.92 Å². The number of morpholine rings is 1. The van der Waals surface area contributed by atoms with Crippen LogP contribution in [0.3, 0.4) is 0 Å². The molecule has 1 heterocycles. The summed E-state index contributed by atoms with van der Waals surface area (Å²) < 4.78 is 43.5. The minimum atomic E-state index is -4.35. The molecule has 0 unspecified atom stereocenters. The topological polar surface area (TPSA) is 53.6 Å². The van der Waals surface area contributed by atoms with Crippen LogP contribution < -0.4 is 10.6 Å². The molecule has 2 amide bonds. The van der Waals surface area contributed by atoms with E-state index in [2.05, 4.69) is 15.5 Å². The zero-order valence-corrected chi connectivity index (χ0v) is 13.5. The number of rotatable bonds is 5. The van der Waals surface area contributed by atoms with Gasteiger partial charge >= 0.3 is 12.2 Å². The molecule has 134 valence electrons. The van der Waals surface area contributed by atoms with Crippen molar-refractivity contribution in [3.8, 4) is 0 Å². The predicted octanol–water partition coefficient (Wildman–Crippen LogP) is 2.40. The maximum Gasteiger partial charge on any atom is 0.416 e. The highest BCUT2D eigenvalue weighted by Crippen LogP contribution is 2.31. The number of ether oxygens (including phenoxy) is 1. The Morgan fingerprint density at radius 1 is 1.21 bits per heavy atom. The summed E-state index contributed by atoms with van der Waals surface area (Å²) in [6, 6.07) is 4.62. The van der Waals surface area contributed by atoms with Gasteiger partial charge in [-0.2, -0.15) is 13.2 Å². The Labute approximate surface area is 139 Å². The van der Waals surface area contributed by atoms with Crippen molar-refractivity contribution < 1.29 is 22.7 Å². The van der Waals surface area contributed by atoms with Gasteiger partial charge in [0.2, 0.25) is 0 Å². The maximum absolute atomic E-state index is 12.7. The summed E-state index contributed by atoms with van der Waals surface area (Å²) in [7, 11) is 0. The van der Waals surface area contributed by atoms with Crippen molar-refractivity contribution in [2.24, 2.45) is 0 Å². The molecule has 0 spiro atoms. The lowest BCUT2D eigenvalue weighted by Crippen LogP contribution is -2.45. The number of halogens is 3. The molecule has 0 radical (unpaired) electrons. The zero-order chi connectivity index (χ0) is 17.6. The Hall–Kier alpha value is -1.80. The van der Waals surface area contributed by atoms with Crippen LogP contribution in [-0.4, -0.2) is 50.3 Å². The van der Waals surface area contributed by atoms with Crippen molar-refractivity contribution in [2.45, 2.75) is 19.1 Å². The number of hydrogen-bond donors (Lipinski definition) is 2. The summed E-state index contributed by atoms with van der Waals surface area (Å²) in [4.78, 5) is 13.7. The van der Waals surface area contributed by atoms with Crippen molar-refractivity contribution in [3.05, 3.63) is 35.4 Å². The third kappa shape index (κ3) is 5.10. The number of carbonyl (C=O) groups is 1. The van der Waals surface area contributed by atoms with E-state index in [1.54, 1.807) is 0 Å². The summed E-state index contributed by atoms with van der Waals surface area (Å²) in [5.41, 5.74) is 0.0605. The van der Waals surface area contributed by atoms with Crippen molar-refractivity contribution in [2.75, 3.05) is 39.4 Å². The Bertz CT molecular complexity index is 528. The fourth-order valence-corrected chi connectivity index (χ4v) is 2.65. The highest BCUT2D eigenvalue weighted by atomic mass is 19.4. The van der Waals surface area contributed by atoms with Crippen LogP contribution in [0.5, 0.6) is 0 Å². The molecule has 0 aromatic heterocycles. The van der Waals surface area contributed by atoms with E-state index in [4.69, 9.17) is 4.74 Å². The van der Waals surface area contributed by atoms with Crippen molar-refractivity contribution in [3.63, 3.8) is 0 Å². The average molecular weight is 345 g/mol. The van der Waals surface area contributed by atoms with Crippen molar-refractivity contribution >= 4 is 6.03 Å². The Morgan fingerprint density at radius 2 is 1.83 bits per heavy atom. The first-order valence-corrected chi connectivity index (χ1v) is 7.92. The van der Waals surface area contributed by atoms with Crippen LogP contribution in [0.4, 0.5) is 18.0 Å². The number of hydrogen-bond acceptors (Lipinski definition) is 3. The molecule has 1 aromatic carbocycles. The molecular formula is C16H22F3N3O2. The summed E-state index contributed by atoms with van der Waals surface area (Å²) in [6.45, 7) is 5.11. The van der Waals surface area contributed by atoms with Gasteiger partial charge in [-0.1, -0.05) is 12.1 Å². The first-order valence-electron chi connectivity index (χ1n) is 7.92. The number of benzene rings is 1. The van der Waals surface area contributed by atoms with Crippen molar-refractivity contribution in [1.82, 2.24) is 15.5 Å². The first kappa shape index (κ1) is 18.5. The van der Waals surface area contributed by atoms with Gasteiger partial charge < -0.3 is 15.4 Å². The number of nitrogens with one attached hydrogen (secondary N) is 2. The van der Waals surface area contributed by atoms with Gasteiger partial charge in [0.15, 0.2) is 0 Å². The Morgan fingerprint density at radius 3 is 2.38 bits per heavy atom. The fraction of sp³-hybridized carbons (Fsp3) is 0.562. The summed E-state index contributed by atoms with van der Waals surface area (Å²) in [6.07, 6.45) is -4.35. The molecular weight excluding hydrogens is 323 g/mol. The number of urea groups is 1. The summed E-state index contributed by atoms with van der Waals surface area (Å²) in [5, 5.41) is 5.41. The molecule has 1 saturated heterocycles. The van der Waals surface area contributed by atoms with E-state index >= 15 is 0 Å². The van der Waals surface area contributed by atoms with Crippen LogP contribution in [0.2, 0.25) is 0 Å². The first-order chi connectivity index (χ1) is 11.4. The normalized spacial score (nSPS) is 17.3. The molecule has 2 N–H and O–H groups in total. The molecule has 0 saturated carbocycles. The van der Waals surface area contributed by atoms with Crippen LogP contribution in [0.15, 0.2) is 24.3 Å². The quantitative estimate of drug-likeness (QED) is 0.862. The number of amides is 2. The third-order valence-electron chi connectivity index (χ3n) is 3.90. The molecule has 1 atom stereocenters. The number of alkyl halides is 3. The molecule has 1 fully saturated rings.